The summed E-state index contributed by atoms with van der Waals surface area (Å²) in [5.41, 5.74) is 2.90. The molecule has 0 bridgehead atoms. The van der Waals surface area contributed by atoms with Crippen molar-refractivity contribution in [3.8, 4) is 0 Å². The molecule has 0 heterocycles. The van der Waals surface area contributed by atoms with Gasteiger partial charge in [0.25, 0.3) is 0 Å². The van der Waals surface area contributed by atoms with Crippen LogP contribution < -0.4 is 0 Å². The van der Waals surface area contributed by atoms with Crippen molar-refractivity contribution in [2.75, 3.05) is 0 Å². The van der Waals surface area contributed by atoms with Gasteiger partial charge in [-0.1, -0.05) is 50.6 Å². The second-order valence-corrected chi connectivity index (χ2v) is 6.16. The van der Waals surface area contributed by atoms with E-state index in [4.69, 9.17) is 0 Å². The summed E-state index contributed by atoms with van der Waals surface area (Å²) in [6, 6.07) is 0. The third-order valence-corrected chi connectivity index (χ3v) is 4.79. The second kappa shape index (κ2) is 6.97. The van der Waals surface area contributed by atoms with E-state index < -0.39 is 0 Å². The van der Waals surface area contributed by atoms with Crippen LogP contribution in [0.1, 0.15) is 54.4 Å². The zero-order chi connectivity index (χ0) is 13.7. The van der Waals surface area contributed by atoms with Crippen LogP contribution in [0.3, 0.4) is 0 Å². The van der Waals surface area contributed by atoms with Gasteiger partial charge < -0.3 is 0 Å². The Morgan fingerprint density at radius 2 is 1.56 bits per heavy atom. The lowest BCUT2D eigenvalue weighted by molar-refractivity contribution is 0.160. The molecule has 1 rings (SSSR count). The molecule has 0 amide bonds. The first-order chi connectivity index (χ1) is 8.49. The van der Waals surface area contributed by atoms with Gasteiger partial charge in [0.15, 0.2) is 0 Å². The molecule has 1 aliphatic carbocycles. The lowest BCUT2D eigenvalue weighted by atomic mass is 9.68. The Balaban J connectivity index is 2.91. The lowest BCUT2D eigenvalue weighted by Gasteiger charge is -2.38. The topological polar surface area (TPSA) is 0 Å². The van der Waals surface area contributed by atoms with Crippen LogP contribution in [0.2, 0.25) is 0 Å². The standard InChI is InChI=1S/C18H30/c1-7-9-17(10-13(3)8-2)18-11-14(4)16(6)15(5)12-18/h7-10,14-16,18H,11-12H2,1-6H3/b9-7+,13-8+,17-10+. The summed E-state index contributed by atoms with van der Waals surface area (Å²) in [6.45, 7) is 13.7. The third kappa shape index (κ3) is 3.86. The molecule has 0 saturated heterocycles. The SMILES string of the molecule is C/C=C/C(=C\C(C)=C\C)C1CC(C)C(C)C(C)C1. The third-order valence-electron chi connectivity index (χ3n) is 4.79. The molecule has 0 heteroatoms. The van der Waals surface area contributed by atoms with E-state index in [0.717, 1.165) is 23.7 Å². The van der Waals surface area contributed by atoms with Crippen LogP contribution in [0.4, 0.5) is 0 Å². The van der Waals surface area contributed by atoms with Crippen LogP contribution in [-0.4, -0.2) is 0 Å². The van der Waals surface area contributed by atoms with E-state index >= 15 is 0 Å². The van der Waals surface area contributed by atoms with Gasteiger partial charge in [0.2, 0.25) is 0 Å². The molecule has 1 aliphatic rings. The zero-order valence-electron chi connectivity index (χ0n) is 13.0. The maximum Gasteiger partial charge on any atom is -0.0157 e. The monoisotopic (exact) mass is 246 g/mol. The molecule has 0 spiro atoms. The molecular weight excluding hydrogens is 216 g/mol. The first kappa shape index (κ1) is 15.3. The van der Waals surface area contributed by atoms with Crippen LogP contribution in [0.15, 0.2) is 35.5 Å². The van der Waals surface area contributed by atoms with Gasteiger partial charge >= 0.3 is 0 Å². The average Bonchev–Trinajstić information content (AvgIpc) is 2.34. The molecular formula is C18H30. The minimum absolute atomic E-state index is 0.747. The molecule has 0 aliphatic heterocycles. The Hall–Kier alpha value is -0.780. The fourth-order valence-corrected chi connectivity index (χ4v) is 3.10. The van der Waals surface area contributed by atoms with Gasteiger partial charge in [0, 0.05) is 0 Å². The van der Waals surface area contributed by atoms with Gasteiger partial charge in [-0.15, -0.1) is 0 Å². The average molecular weight is 246 g/mol. The van der Waals surface area contributed by atoms with E-state index in [1.54, 1.807) is 0 Å². The Labute approximate surface area is 114 Å². The number of rotatable bonds is 3. The predicted molar refractivity (Wildman–Crippen MR) is 82.5 cm³/mol. The normalized spacial score (nSPS) is 35.2. The molecule has 0 aromatic rings. The van der Waals surface area contributed by atoms with Gasteiger partial charge in [-0.05, 0) is 62.9 Å². The minimum Gasteiger partial charge on any atom is -0.0874 e. The summed E-state index contributed by atoms with van der Waals surface area (Å²) in [7, 11) is 0. The van der Waals surface area contributed by atoms with Crippen molar-refractivity contribution in [2.45, 2.75) is 54.4 Å². The summed E-state index contributed by atoms with van der Waals surface area (Å²) in [5, 5.41) is 0. The number of hydrogen-bond acceptors (Lipinski definition) is 0. The number of allylic oxidation sites excluding steroid dienone is 6. The largest absolute Gasteiger partial charge is 0.0874 e. The molecule has 0 N–H and O–H groups in total. The summed E-state index contributed by atoms with van der Waals surface area (Å²) in [5.74, 6) is 3.31. The molecule has 0 nitrogen and oxygen atoms in total. The van der Waals surface area contributed by atoms with E-state index in [1.807, 2.05) is 0 Å². The highest BCUT2D eigenvalue weighted by Gasteiger charge is 2.31. The highest BCUT2D eigenvalue weighted by molar-refractivity contribution is 5.31. The van der Waals surface area contributed by atoms with Crippen molar-refractivity contribution in [3.05, 3.63) is 35.5 Å². The zero-order valence-corrected chi connectivity index (χ0v) is 13.0. The molecule has 0 aromatic heterocycles. The Morgan fingerprint density at radius 1 is 1.00 bits per heavy atom. The Morgan fingerprint density at radius 3 is 2.00 bits per heavy atom. The van der Waals surface area contributed by atoms with Crippen LogP contribution in [0, 0.1) is 23.7 Å². The smallest absolute Gasteiger partial charge is 0.0157 e. The van der Waals surface area contributed by atoms with Crippen molar-refractivity contribution < 1.29 is 0 Å². The minimum atomic E-state index is 0.747. The highest BCUT2D eigenvalue weighted by Crippen LogP contribution is 2.41. The Kier molecular flexibility index (Phi) is 5.91. The fraction of sp³-hybridized carbons (Fsp3) is 0.667. The van der Waals surface area contributed by atoms with Crippen molar-refractivity contribution in [1.29, 1.82) is 0 Å². The van der Waals surface area contributed by atoms with Gasteiger partial charge in [0.1, 0.15) is 0 Å². The molecule has 0 aromatic carbocycles. The van der Waals surface area contributed by atoms with E-state index in [-0.39, 0.29) is 0 Å². The fourth-order valence-electron chi connectivity index (χ4n) is 3.10. The van der Waals surface area contributed by atoms with Crippen LogP contribution in [0.25, 0.3) is 0 Å². The van der Waals surface area contributed by atoms with E-state index in [1.165, 1.54) is 24.0 Å². The quantitative estimate of drug-likeness (QED) is 0.554. The summed E-state index contributed by atoms with van der Waals surface area (Å²) >= 11 is 0. The Bertz CT molecular complexity index is 331. The summed E-state index contributed by atoms with van der Waals surface area (Å²) in [6.07, 6.45) is 11.8. The first-order valence-electron chi connectivity index (χ1n) is 7.46. The van der Waals surface area contributed by atoms with Crippen molar-refractivity contribution in [2.24, 2.45) is 23.7 Å². The molecule has 102 valence electrons. The molecule has 1 fully saturated rings. The summed E-state index contributed by atoms with van der Waals surface area (Å²) in [4.78, 5) is 0. The first-order valence-corrected chi connectivity index (χ1v) is 7.46. The van der Waals surface area contributed by atoms with Gasteiger partial charge in [-0.25, -0.2) is 0 Å². The maximum atomic E-state index is 2.42. The molecule has 0 radical (unpaired) electrons. The van der Waals surface area contributed by atoms with Gasteiger partial charge in [-0.3, -0.25) is 0 Å². The van der Waals surface area contributed by atoms with E-state index in [2.05, 4.69) is 65.8 Å². The summed E-state index contributed by atoms with van der Waals surface area (Å²) < 4.78 is 0. The highest BCUT2D eigenvalue weighted by atomic mass is 14.4. The molecule has 18 heavy (non-hydrogen) atoms. The van der Waals surface area contributed by atoms with Crippen molar-refractivity contribution in [1.82, 2.24) is 0 Å². The van der Waals surface area contributed by atoms with Crippen LogP contribution >= 0.6 is 0 Å². The van der Waals surface area contributed by atoms with Crippen LogP contribution in [-0.2, 0) is 0 Å². The molecule has 1 saturated carbocycles. The van der Waals surface area contributed by atoms with Crippen LogP contribution in [0.5, 0.6) is 0 Å². The molecule has 2 unspecified atom stereocenters. The van der Waals surface area contributed by atoms with E-state index in [9.17, 15) is 0 Å². The van der Waals surface area contributed by atoms with Gasteiger partial charge in [-0.2, -0.15) is 0 Å². The second-order valence-electron chi connectivity index (χ2n) is 6.16. The van der Waals surface area contributed by atoms with E-state index in [0.29, 0.717) is 0 Å². The molecule has 2 atom stereocenters. The van der Waals surface area contributed by atoms with Crippen molar-refractivity contribution in [3.63, 3.8) is 0 Å². The maximum absolute atomic E-state index is 2.42. The van der Waals surface area contributed by atoms with Crippen molar-refractivity contribution >= 4 is 0 Å². The van der Waals surface area contributed by atoms with Gasteiger partial charge in [0.05, 0.1) is 0 Å². The lowest BCUT2D eigenvalue weighted by Crippen LogP contribution is -2.28. The predicted octanol–water partition coefficient (Wildman–Crippen LogP) is 5.77. The number of hydrogen-bond donors (Lipinski definition) is 0.